The molecule has 0 aliphatic carbocycles. The monoisotopic (exact) mass is 261 g/mol. The summed E-state index contributed by atoms with van der Waals surface area (Å²) in [4.78, 5) is 0. The second-order valence-corrected chi connectivity index (χ2v) is 4.86. The molecule has 0 aromatic carbocycles. The maximum atomic E-state index is 4.45. The Morgan fingerprint density at radius 2 is 1.32 bits per heavy atom. The molecule has 0 radical (unpaired) electrons. The van der Waals surface area contributed by atoms with Crippen LogP contribution in [0.3, 0.4) is 0 Å². The minimum atomic E-state index is 0.856. The van der Waals surface area contributed by atoms with Crippen molar-refractivity contribution < 1.29 is 0 Å². The number of hydrogen-bond acceptors (Lipinski definition) is 3. The van der Waals surface area contributed by atoms with Crippen molar-refractivity contribution in [3.05, 3.63) is 34.9 Å². The Bertz CT molecular complexity index is 490. The van der Waals surface area contributed by atoms with Crippen molar-refractivity contribution in [2.45, 2.75) is 39.8 Å². The molecule has 0 amide bonds. The highest BCUT2D eigenvalue weighted by atomic mass is 15.3. The number of hydrogen-bond donors (Lipinski definition) is 1. The van der Waals surface area contributed by atoms with Crippen molar-refractivity contribution >= 4 is 0 Å². The summed E-state index contributed by atoms with van der Waals surface area (Å²) < 4.78 is 3.77. The third kappa shape index (κ3) is 3.23. The van der Waals surface area contributed by atoms with E-state index in [2.05, 4.69) is 41.8 Å². The van der Waals surface area contributed by atoms with Gasteiger partial charge in [-0.15, -0.1) is 0 Å². The van der Waals surface area contributed by atoms with E-state index in [-0.39, 0.29) is 0 Å². The average molecular weight is 261 g/mol. The van der Waals surface area contributed by atoms with Crippen molar-refractivity contribution in [1.82, 2.24) is 24.9 Å². The highest BCUT2D eigenvalue weighted by molar-refractivity contribution is 5.19. The van der Waals surface area contributed by atoms with Gasteiger partial charge in [-0.1, -0.05) is 13.8 Å². The summed E-state index contributed by atoms with van der Waals surface area (Å²) >= 11 is 0. The Balaban J connectivity index is 1.95. The number of aromatic nitrogens is 4. The summed E-state index contributed by atoms with van der Waals surface area (Å²) in [5, 5.41) is 12.4. The topological polar surface area (TPSA) is 47.7 Å². The van der Waals surface area contributed by atoms with Crippen LogP contribution in [0.2, 0.25) is 0 Å². The Morgan fingerprint density at radius 3 is 1.68 bits per heavy atom. The van der Waals surface area contributed by atoms with Gasteiger partial charge >= 0.3 is 0 Å². The summed E-state index contributed by atoms with van der Waals surface area (Å²) in [5.74, 6) is 0. The normalized spacial score (nSPS) is 11.2. The first-order chi connectivity index (χ1) is 9.13. The second kappa shape index (κ2) is 6.02. The van der Waals surface area contributed by atoms with Gasteiger partial charge in [0, 0.05) is 50.7 Å². The van der Waals surface area contributed by atoms with Crippen LogP contribution in [-0.2, 0) is 40.0 Å². The molecule has 0 aliphatic rings. The smallest absolute Gasteiger partial charge is 0.0666 e. The number of nitrogens with zero attached hydrogens (tertiary/aromatic N) is 4. The first-order valence-electron chi connectivity index (χ1n) is 6.87. The maximum absolute atomic E-state index is 4.45. The lowest BCUT2D eigenvalue weighted by Gasteiger charge is -2.04. The summed E-state index contributed by atoms with van der Waals surface area (Å²) in [6.07, 6.45) is 6.14. The SMILES string of the molecule is CCc1nn(C)cc1CNCc1cn(C)nc1CC. The van der Waals surface area contributed by atoms with E-state index >= 15 is 0 Å². The van der Waals surface area contributed by atoms with Gasteiger partial charge in [0.1, 0.15) is 0 Å². The van der Waals surface area contributed by atoms with Crippen LogP contribution in [0.15, 0.2) is 12.4 Å². The maximum Gasteiger partial charge on any atom is 0.0666 e. The summed E-state index contributed by atoms with van der Waals surface area (Å²) in [7, 11) is 3.94. The number of aryl methyl sites for hydroxylation is 4. The Kier molecular flexibility index (Phi) is 4.37. The van der Waals surface area contributed by atoms with Gasteiger partial charge in [0.15, 0.2) is 0 Å². The van der Waals surface area contributed by atoms with Crippen LogP contribution in [0.5, 0.6) is 0 Å². The van der Waals surface area contributed by atoms with Gasteiger partial charge in [0.2, 0.25) is 0 Å². The largest absolute Gasteiger partial charge is 0.308 e. The Labute approximate surface area is 114 Å². The van der Waals surface area contributed by atoms with Gasteiger partial charge < -0.3 is 5.32 Å². The molecule has 2 rings (SSSR count). The lowest BCUT2D eigenvalue weighted by molar-refractivity contribution is 0.683. The molecule has 2 heterocycles. The Hall–Kier alpha value is -1.62. The third-order valence-corrected chi connectivity index (χ3v) is 3.28. The zero-order valence-electron chi connectivity index (χ0n) is 12.3. The molecule has 0 saturated heterocycles. The zero-order chi connectivity index (χ0) is 13.8. The summed E-state index contributed by atoms with van der Waals surface area (Å²) in [6, 6.07) is 0. The van der Waals surface area contributed by atoms with Crippen LogP contribution in [0, 0.1) is 0 Å². The summed E-state index contributed by atoms with van der Waals surface area (Å²) in [6.45, 7) is 5.99. The molecule has 19 heavy (non-hydrogen) atoms. The van der Waals surface area contributed by atoms with Crippen molar-refractivity contribution in [1.29, 1.82) is 0 Å². The van der Waals surface area contributed by atoms with Crippen LogP contribution in [-0.4, -0.2) is 19.6 Å². The lowest BCUT2D eigenvalue weighted by Crippen LogP contribution is -2.14. The molecule has 5 nitrogen and oxygen atoms in total. The van der Waals surface area contributed by atoms with E-state index < -0.39 is 0 Å². The van der Waals surface area contributed by atoms with E-state index in [4.69, 9.17) is 0 Å². The van der Waals surface area contributed by atoms with Gasteiger partial charge in [-0.05, 0) is 12.8 Å². The predicted molar refractivity (Wildman–Crippen MR) is 75.7 cm³/mol. The molecule has 0 atom stereocenters. The lowest BCUT2D eigenvalue weighted by atomic mass is 10.2. The molecule has 0 aliphatic heterocycles. The number of nitrogens with one attached hydrogen (secondary N) is 1. The van der Waals surface area contributed by atoms with Crippen LogP contribution in [0.1, 0.15) is 36.4 Å². The molecule has 2 aromatic rings. The van der Waals surface area contributed by atoms with Crippen LogP contribution < -0.4 is 5.32 Å². The minimum Gasteiger partial charge on any atom is -0.308 e. The molecule has 5 heteroatoms. The van der Waals surface area contributed by atoms with Gasteiger partial charge in [-0.2, -0.15) is 10.2 Å². The van der Waals surface area contributed by atoms with Crippen molar-refractivity contribution in [3.63, 3.8) is 0 Å². The van der Waals surface area contributed by atoms with E-state index in [9.17, 15) is 0 Å². The fourth-order valence-corrected chi connectivity index (χ4v) is 2.39. The first kappa shape index (κ1) is 13.8. The third-order valence-electron chi connectivity index (χ3n) is 3.28. The van der Waals surface area contributed by atoms with E-state index in [0.29, 0.717) is 0 Å². The standard InChI is InChI=1S/C14H23N5/c1-5-13-11(9-18(3)16-13)7-15-8-12-10-19(4)17-14(12)6-2/h9-10,15H,5-8H2,1-4H3. The highest BCUT2D eigenvalue weighted by Gasteiger charge is 2.08. The molecule has 104 valence electrons. The molecule has 2 aromatic heterocycles. The van der Waals surface area contributed by atoms with E-state index in [1.807, 2.05) is 23.5 Å². The quantitative estimate of drug-likeness (QED) is 0.858. The van der Waals surface area contributed by atoms with Crippen molar-refractivity contribution in [3.8, 4) is 0 Å². The highest BCUT2D eigenvalue weighted by Crippen LogP contribution is 2.09. The fourth-order valence-electron chi connectivity index (χ4n) is 2.39. The van der Waals surface area contributed by atoms with Crippen molar-refractivity contribution in [2.24, 2.45) is 14.1 Å². The van der Waals surface area contributed by atoms with E-state index in [1.54, 1.807) is 0 Å². The zero-order valence-corrected chi connectivity index (χ0v) is 12.3. The van der Waals surface area contributed by atoms with E-state index in [1.165, 1.54) is 22.5 Å². The molecular formula is C14H23N5. The molecule has 1 N–H and O–H groups in total. The van der Waals surface area contributed by atoms with Gasteiger partial charge in [-0.25, -0.2) is 0 Å². The van der Waals surface area contributed by atoms with Crippen LogP contribution >= 0.6 is 0 Å². The molecule has 0 spiro atoms. The fraction of sp³-hybridized carbons (Fsp3) is 0.571. The molecule has 0 bridgehead atoms. The van der Waals surface area contributed by atoms with Crippen LogP contribution in [0.4, 0.5) is 0 Å². The molecule has 0 unspecified atom stereocenters. The van der Waals surface area contributed by atoms with Gasteiger partial charge in [0.05, 0.1) is 11.4 Å². The second-order valence-electron chi connectivity index (χ2n) is 4.86. The van der Waals surface area contributed by atoms with Crippen molar-refractivity contribution in [2.75, 3.05) is 0 Å². The minimum absolute atomic E-state index is 0.856. The first-order valence-corrected chi connectivity index (χ1v) is 6.87. The van der Waals surface area contributed by atoms with Gasteiger partial charge in [-0.3, -0.25) is 9.36 Å². The van der Waals surface area contributed by atoms with Crippen LogP contribution in [0.25, 0.3) is 0 Å². The molecule has 0 saturated carbocycles. The predicted octanol–water partition coefficient (Wildman–Crippen LogP) is 1.57. The van der Waals surface area contributed by atoms with E-state index in [0.717, 1.165) is 25.9 Å². The summed E-state index contributed by atoms with van der Waals surface area (Å²) in [5.41, 5.74) is 4.92. The Morgan fingerprint density at radius 1 is 0.895 bits per heavy atom. The van der Waals surface area contributed by atoms with Gasteiger partial charge in [0.25, 0.3) is 0 Å². The molecular weight excluding hydrogens is 238 g/mol. The molecule has 0 fully saturated rings. The number of rotatable bonds is 6. The average Bonchev–Trinajstić information content (AvgIpc) is 2.92.